The monoisotopic (exact) mass is 174 g/mol. The third-order valence-electron chi connectivity index (χ3n) is 1.95. The van der Waals surface area contributed by atoms with Crippen molar-refractivity contribution < 1.29 is 19.4 Å². The van der Waals surface area contributed by atoms with E-state index in [9.17, 15) is 4.79 Å². The van der Waals surface area contributed by atoms with Gasteiger partial charge in [0.25, 0.3) is 0 Å². The van der Waals surface area contributed by atoms with Crippen LogP contribution >= 0.6 is 0 Å². The second kappa shape index (κ2) is 5.11. The summed E-state index contributed by atoms with van der Waals surface area (Å²) in [4.78, 5) is 10.4. The van der Waals surface area contributed by atoms with E-state index in [0.717, 1.165) is 12.8 Å². The molecule has 0 saturated heterocycles. The van der Waals surface area contributed by atoms with Crippen molar-refractivity contribution in [1.82, 2.24) is 0 Å². The molecule has 4 heteroatoms. The Hall–Kier alpha value is -0.610. The van der Waals surface area contributed by atoms with Gasteiger partial charge in [-0.3, -0.25) is 0 Å². The molecule has 1 fully saturated rings. The van der Waals surface area contributed by atoms with Gasteiger partial charge in [0.2, 0.25) is 0 Å². The van der Waals surface area contributed by atoms with Gasteiger partial charge in [0.05, 0.1) is 6.10 Å². The molecule has 0 atom stereocenters. The maximum absolute atomic E-state index is 10.4. The lowest BCUT2D eigenvalue weighted by atomic mass is 10.3. The van der Waals surface area contributed by atoms with Crippen molar-refractivity contribution in [3.63, 3.8) is 0 Å². The van der Waals surface area contributed by atoms with E-state index in [-0.39, 0.29) is 12.9 Å². The number of carbonyl (C=O) groups is 1. The molecule has 0 spiro atoms. The number of aliphatic hydroxyl groups is 1. The van der Waals surface area contributed by atoms with Gasteiger partial charge in [0, 0.05) is 0 Å². The van der Waals surface area contributed by atoms with Crippen molar-refractivity contribution >= 4 is 5.97 Å². The molecule has 12 heavy (non-hydrogen) atoms. The largest absolute Gasteiger partial charge is 0.437 e. The highest BCUT2D eigenvalue weighted by Crippen LogP contribution is 2.20. The van der Waals surface area contributed by atoms with Crippen LogP contribution in [-0.4, -0.2) is 30.6 Å². The molecule has 70 valence electrons. The molecule has 1 rings (SSSR count). The summed E-state index contributed by atoms with van der Waals surface area (Å²) in [5.41, 5.74) is 0. The molecule has 0 aromatic rings. The van der Waals surface area contributed by atoms with Crippen molar-refractivity contribution in [2.45, 2.75) is 31.8 Å². The fraction of sp³-hybridized carbons (Fsp3) is 0.875. The Morgan fingerprint density at radius 3 is 2.67 bits per heavy atom. The first-order valence-electron chi connectivity index (χ1n) is 4.21. The van der Waals surface area contributed by atoms with Crippen LogP contribution in [0.5, 0.6) is 0 Å². The highest BCUT2D eigenvalue weighted by atomic mass is 16.7. The number of esters is 1. The molecule has 0 radical (unpaired) electrons. The molecule has 0 amide bonds. The number of hydrogen-bond acceptors (Lipinski definition) is 4. The summed E-state index contributed by atoms with van der Waals surface area (Å²) in [5.74, 6) is -0.631. The number of carbonyl (C=O) groups excluding carboxylic acids is 1. The van der Waals surface area contributed by atoms with Crippen LogP contribution in [0.3, 0.4) is 0 Å². The predicted molar refractivity (Wildman–Crippen MR) is 41.4 cm³/mol. The van der Waals surface area contributed by atoms with Crippen molar-refractivity contribution in [3.8, 4) is 0 Å². The van der Waals surface area contributed by atoms with Gasteiger partial charge in [-0.25, -0.2) is 4.79 Å². The minimum absolute atomic E-state index is 0.0237. The molecule has 4 nitrogen and oxygen atoms in total. The molecule has 0 heterocycles. The molecule has 1 N–H and O–H groups in total. The van der Waals surface area contributed by atoms with Gasteiger partial charge in [-0.2, -0.15) is 0 Å². The Kier molecular flexibility index (Phi) is 4.04. The number of ether oxygens (including phenoxy) is 2. The molecule has 0 unspecified atom stereocenters. The highest BCUT2D eigenvalue weighted by Gasteiger charge is 2.15. The Morgan fingerprint density at radius 1 is 1.42 bits per heavy atom. The Bertz CT molecular complexity index is 140. The van der Waals surface area contributed by atoms with Crippen LogP contribution in [0.2, 0.25) is 0 Å². The summed E-state index contributed by atoms with van der Waals surface area (Å²) in [5, 5.41) is 8.30. The quantitative estimate of drug-likeness (QED) is 0.496. The van der Waals surface area contributed by atoms with Crippen LogP contribution in [0, 0.1) is 0 Å². The minimum atomic E-state index is -0.631. The summed E-state index contributed by atoms with van der Waals surface area (Å²) in [6.07, 6.45) is 4.74. The second-order valence-corrected chi connectivity index (χ2v) is 2.87. The normalized spacial score (nSPS) is 18.1. The Balaban J connectivity index is 1.97. The lowest BCUT2D eigenvalue weighted by Crippen LogP contribution is -2.16. The van der Waals surface area contributed by atoms with Crippen LogP contribution < -0.4 is 0 Å². The standard InChI is InChI=1S/C8H14O4/c9-5-8(10)12-6-11-7-3-1-2-4-7/h7,9H,1-6H2. The SMILES string of the molecule is O=C(CO)OCOC1CCCC1. The molecular weight excluding hydrogens is 160 g/mol. The lowest BCUT2D eigenvalue weighted by Gasteiger charge is -2.10. The van der Waals surface area contributed by atoms with Gasteiger partial charge in [-0.15, -0.1) is 0 Å². The van der Waals surface area contributed by atoms with E-state index in [1.54, 1.807) is 0 Å². The Morgan fingerprint density at radius 2 is 2.08 bits per heavy atom. The van der Waals surface area contributed by atoms with Crippen LogP contribution in [0.1, 0.15) is 25.7 Å². The fourth-order valence-corrected chi connectivity index (χ4v) is 1.30. The highest BCUT2D eigenvalue weighted by molar-refractivity contribution is 5.70. The van der Waals surface area contributed by atoms with E-state index in [4.69, 9.17) is 9.84 Å². The first-order chi connectivity index (χ1) is 5.83. The van der Waals surface area contributed by atoms with Crippen molar-refractivity contribution in [1.29, 1.82) is 0 Å². The molecule has 1 aliphatic rings. The fourth-order valence-electron chi connectivity index (χ4n) is 1.30. The second-order valence-electron chi connectivity index (χ2n) is 2.87. The summed E-state index contributed by atoms with van der Waals surface area (Å²) < 4.78 is 9.76. The van der Waals surface area contributed by atoms with E-state index in [0.29, 0.717) is 0 Å². The van der Waals surface area contributed by atoms with Crippen LogP contribution in [0.25, 0.3) is 0 Å². The molecular formula is C8H14O4. The van der Waals surface area contributed by atoms with Gasteiger partial charge in [-0.05, 0) is 12.8 Å². The van der Waals surface area contributed by atoms with E-state index >= 15 is 0 Å². The van der Waals surface area contributed by atoms with Gasteiger partial charge in [0.1, 0.15) is 6.61 Å². The molecule has 1 saturated carbocycles. The topological polar surface area (TPSA) is 55.8 Å². The van der Waals surface area contributed by atoms with Gasteiger partial charge < -0.3 is 14.6 Å². The molecule has 0 aromatic carbocycles. The van der Waals surface area contributed by atoms with Gasteiger partial charge in [-0.1, -0.05) is 12.8 Å². The zero-order valence-corrected chi connectivity index (χ0v) is 6.99. The maximum atomic E-state index is 10.4. The van der Waals surface area contributed by atoms with Crippen molar-refractivity contribution in [2.24, 2.45) is 0 Å². The Labute approximate surface area is 71.5 Å². The molecule has 0 aliphatic heterocycles. The smallest absolute Gasteiger partial charge is 0.333 e. The van der Waals surface area contributed by atoms with Crippen molar-refractivity contribution in [2.75, 3.05) is 13.4 Å². The maximum Gasteiger partial charge on any atom is 0.333 e. The van der Waals surface area contributed by atoms with Crippen molar-refractivity contribution in [3.05, 3.63) is 0 Å². The molecule has 1 aliphatic carbocycles. The minimum Gasteiger partial charge on any atom is -0.437 e. The predicted octanol–water partition coefficient (Wildman–Crippen LogP) is 0.439. The summed E-state index contributed by atoms with van der Waals surface area (Å²) in [7, 11) is 0. The lowest BCUT2D eigenvalue weighted by molar-refractivity contribution is -0.163. The average Bonchev–Trinajstić information content (AvgIpc) is 2.57. The zero-order valence-electron chi connectivity index (χ0n) is 6.99. The van der Waals surface area contributed by atoms with Gasteiger partial charge in [0.15, 0.2) is 6.79 Å². The van der Waals surface area contributed by atoms with E-state index < -0.39 is 12.6 Å². The van der Waals surface area contributed by atoms with Crippen LogP contribution in [0.15, 0.2) is 0 Å². The molecule has 0 aromatic heterocycles. The van der Waals surface area contributed by atoms with Gasteiger partial charge >= 0.3 is 5.97 Å². The number of rotatable bonds is 4. The first kappa shape index (κ1) is 9.48. The van der Waals surface area contributed by atoms with E-state index in [1.165, 1.54) is 12.8 Å². The molecule has 0 bridgehead atoms. The van der Waals surface area contributed by atoms with Crippen LogP contribution in [0.4, 0.5) is 0 Å². The number of hydrogen-bond donors (Lipinski definition) is 1. The third-order valence-corrected chi connectivity index (χ3v) is 1.95. The van der Waals surface area contributed by atoms with E-state index in [1.807, 2.05) is 0 Å². The van der Waals surface area contributed by atoms with Crippen LogP contribution in [-0.2, 0) is 14.3 Å². The summed E-state index contributed by atoms with van der Waals surface area (Å²) in [6.45, 7) is -0.599. The first-order valence-corrected chi connectivity index (χ1v) is 4.21. The number of aliphatic hydroxyl groups excluding tert-OH is 1. The third kappa shape index (κ3) is 3.19. The zero-order chi connectivity index (χ0) is 8.81. The summed E-state index contributed by atoms with van der Waals surface area (Å²) in [6, 6.07) is 0. The van der Waals surface area contributed by atoms with E-state index in [2.05, 4.69) is 4.74 Å². The summed E-state index contributed by atoms with van der Waals surface area (Å²) >= 11 is 0. The average molecular weight is 174 g/mol.